The Morgan fingerprint density at radius 3 is 2.42 bits per heavy atom. The van der Waals surface area contributed by atoms with Crippen LogP contribution in [0.4, 0.5) is 4.79 Å². The van der Waals surface area contributed by atoms with Crippen LogP contribution in [0, 0.1) is 16.7 Å². The van der Waals surface area contributed by atoms with Gasteiger partial charge in [0.25, 0.3) is 0 Å². The van der Waals surface area contributed by atoms with Crippen molar-refractivity contribution in [2.24, 2.45) is 16.7 Å². The number of rotatable bonds is 12. The van der Waals surface area contributed by atoms with Crippen LogP contribution in [0.25, 0.3) is 10.9 Å². The first-order valence-corrected chi connectivity index (χ1v) is 15.7. The predicted octanol–water partition coefficient (Wildman–Crippen LogP) is 5.25. The summed E-state index contributed by atoms with van der Waals surface area (Å²) in [5, 5.41) is 18.7. The Labute approximate surface area is 263 Å². The molecule has 2 fully saturated rings. The van der Waals surface area contributed by atoms with Crippen molar-refractivity contribution in [1.29, 1.82) is 0 Å². The molecule has 2 aliphatic carbocycles. The number of carboxylic acids is 1. The number of hydrogen-bond donors (Lipinski definition) is 5. The summed E-state index contributed by atoms with van der Waals surface area (Å²) < 4.78 is 6.09. The van der Waals surface area contributed by atoms with Crippen LogP contribution in [0.15, 0.2) is 60.8 Å². The van der Waals surface area contributed by atoms with Gasteiger partial charge < -0.3 is 30.8 Å². The fraction of sp³-hybridized carbons (Fsp3) is 0.486. The van der Waals surface area contributed by atoms with Crippen LogP contribution in [0.5, 0.6) is 0 Å². The number of aromatic nitrogens is 1. The Balaban J connectivity index is 1.35. The van der Waals surface area contributed by atoms with Gasteiger partial charge in [-0.2, -0.15) is 0 Å². The summed E-state index contributed by atoms with van der Waals surface area (Å²) >= 11 is 0. The van der Waals surface area contributed by atoms with Crippen molar-refractivity contribution in [3.05, 3.63) is 71.9 Å². The predicted molar refractivity (Wildman–Crippen MR) is 170 cm³/mol. The molecule has 0 radical (unpaired) electrons. The highest BCUT2D eigenvalue weighted by Crippen LogP contribution is 2.66. The molecule has 2 bridgehead atoms. The molecule has 2 aromatic carbocycles. The summed E-state index contributed by atoms with van der Waals surface area (Å²) in [7, 11) is 0. The molecule has 0 spiro atoms. The van der Waals surface area contributed by atoms with Gasteiger partial charge >= 0.3 is 12.1 Å². The zero-order valence-corrected chi connectivity index (χ0v) is 26.4. The van der Waals surface area contributed by atoms with E-state index in [1.807, 2.05) is 60.8 Å². The molecule has 0 aliphatic heterocycles. The molecule has 5 atom stereocenters. The van der Waals surface area contributed by atoms with Gasteiger partial charge in [0, 0.05) is 41.9 Å². The van der Waals surface area contributed by atoms with E-state index in [1.54, 1.807) is 6.92 Å². The van der Waals surface area contributed by atoms with Gasteiger partial charge in [-0.05, 0) is 54.7 Å². The number of aliphatic carboxylic acids is 1. The number of fused-ring (bicyclic) bond motifs is 3. The molecule has 0 saturated heterocycles. The second-order valence-corrected chi connectivity index (χ2v) is 13.6. The molecule has 45 heavy (non-hydrogen) atoms. The summed E-state index contributed by atoms with van der Waals surface area (Å²) in [4.78, 5) is 54.4. The van der Waals surface area contributed by atoms with Crippen LogP contribution in [0.2, 0.25) is 0 Å². The van der Waals surface area contributed by atoms with E-state index < -0.39 is 35.5 Å². The highest BCUT2D eigenvalue weighted by molar-refractivity contribution is 5.91. The lowest BCUT2D eigenvalue weighted by Crippen LogP contribution is -2.59. The molecule has 10 nitrogen and oxygen atoms in total. The fourth-order valence-corrected chi connectivity index (χ4v) is 7.35. The molecule has 1 aromatic heterocycles. The van der Waals surface area contributed by atoms with Gasteiger partial charge in [0.1, 0.15) is 11.6 Å². The number of amides is 3. The minimum atomic E-state index is -1.40. The van der Waals surface area contributed by atoms with Gasteiger partial charge in [-0.15, -0.1) is 0 Å². The molecule has 3 aromatic rings. The number of aromatic amines is 1. The highest BCUT2D eigenvalue weighted by Gasteiger charge is 2.63. The number of ether oxygens (including phenoxy) is 1. The number of benzene rings is 2. The summed E-state index contributed by atoms with van der Waals surface area (Å²) in [6.07, 6.45) is 3.60. The minimum Gasteiger partial charge on any atom is -0.481 e. The second kappa shape index (κ2) is 12.6. The molecule has 2 aliphatic rings. The van der Waals surface area contributed by atoms with E-state index in [9.17, 15) is 19.2 Å². The van der Waals surface area contributed by atoms with Crippen LogP contribution in [-0.2, 0) is 25.5 Å². The molecule has 5 N–H and O–H groups in total. The van der Waals surface area contributed by atoms with E-state index in [2.05, 4.69) is 41.7 Å². The molecule has 10 heteroatoms. The van der Waals surface area contributed by atoms with E-state index in [0.717, 1.165) is 41.3 Å². The molecule has 5 rings (SSSR count). The lowest BCUT2D eigenvalue weighted by Gasteiger charge is -2.39. The number of hydrogen-bond acceptors (Lipinski definition) is 5. The normalized spacial score (nSPS) is 23.6. The molecule has 3 unspecified atom stereocenters. The fourth-order valence-electron chi connectivity index (χ4n) is 7.35. The SMILES string of the molecule is CC1(C)C2CC[C@]1(C)C(OC(=O)N[C@](C)(Cc1c[nH]c3ccccc13)C(=O)NCC(NC(=O)CCC(=O)O)c1ccccc1)C2. The average Bonchev–Trinajstić information content (AvgIpc) is 3.57. The van der Waals surface area contributed by atoms with Crippen molar-refractivity contribution in [1.82, 2.24) is 20.9 Å². The molecular formula is C35H44N4O6. The first-order chi connectivity index (χ1) is 21.3. The van der Waals surface area contributed by atoms with Gasteiger partial charge in [-0.25, -0.2) is 4.79 Å². The average molecular weight is 617 g/mol. The molecular weight excluding hydrogens is 572 g/mol. The molecule has 2 saturated carbocycles. The number of carbonyl (C=O) groups excluding carboxylic acids is 3. The lowest BCUT2D eigenvalue weighted by molar-refractivity contribution is -0.138. The number of carbonyl (C=O) groups is 4. The Hall–Kier alpha value is -4.34. The topological polar surface area (TPSA) is 150 Å². The lowest BCUT2D eigenvalue weighted by atomic mass is 9.70. The third kappa shape index (κ3) is 6.55. The second-order valence-electron chi connectivity index (χ2n) is 13.6. The third-order valence-electron chi connectivity index (χ3n) is 10.6. The first kappa shape index (κ1) is 32.1. The zero-order valence-electron chi connectivity index (χ0n) is 26.4. The van der Waals surface area contributed by atoms with Gasteiger partial charge in [-0.3, -0.25) is 14.4 Å². The standard InChI is InChI=1S/C35H44N4O6/c1-33(2)24-16-17-34(33,3)28(18-24)45-32(44)39-35(4,19-23-20-36-26-13-9-8-12-25(23)26)31(43)37-21-27(22-10-6-5-7-11-22)38-29(40)14-15-30(41)42/h5-13,20,24,27-28,36H,14-19,21H2,1-4H3,(H,37,43)(H,38,40)(H,39,44)(H,41,42)/t24?,27?,28?,34-,35-/m1/s1. The van der Waals surface area contributed by atoms with Crippen LogP contribution in [0.3, 0.4) is 0 Å². The smallest absolute Gasteiger partial charge is 0.408 e. The summed E-state index contributed by atoms with van der Waals surface area (Å²) in [6.45, 7) is 8.41. The molecule has 240 valence electrons. The number of carboxylic acid groups (broad SMARTS) is 1. The Kier molecular flexibility index (Phi) is 8.96. The van der Waals surface area contributed by atoms with E-state index >= 15 is 0 Å². The number of para-hydroxylation sites is 1. The van der Waals surface area contributed by atoms with Gasteiger partial charge in [0.15, 0.2) is 0 Å². The summed E-state index contributed by atoms with van der Waals surface area (Å²) in [5.41, 5.74) is 1.06. The van der Waals surface area contributed by atoms with Crippen LogP contribution in [0.1, 0.15) is 77.0 Å². The maximum Gasteiger partial charge on any atom is 0.408 e. The van der Waals surface area contributed by atoms with Crippen molar-refractivity contribution in [3.8, 4) is 0 Å². The largest absolute Gasteiger partial charge is 0.481 e. The maximum atomic E-state index is 14.0. The Morgan fingerprint density at radius 2 is 1.76 bits per heavy atom. The Bertz CT molecular complexity index is 1570. The van der Waals surface area contributed by atoms with Crippen molar-refractivity contribution >= 4 is 34.8 Å². The molecule has 3 amide bonds. The summed E-state index contributed by atoms with van der Waals surface area (Å²) in [6, 6.07) is 16.3. The molecule has 1 heterocycles. The first-order valence-electron chi connectivity index (χ1n) is 15.7. The quantitative estimate of drug-likeness (QED) is 0.188. The highest BCUT2D eigenvalue weighted by atomic mass is 16.6. The zero-order chi connectivity index (χ0) is 32.4. The van der Waals surface area contributed by atoms with E-state index in [0.29, 0.717) is 5.92 Å². The monoisotopic (exact) mass is 616 g/mol. The van der Waals surface area contributed by atoms with Crippen LogP contribution in [-0.4, -0.2) is 52.2 Å². The van der Waals surface area contributed by atoms with E-state index in [4.69, 9.17) is 9.84 Å². The maximum absolute atomic E-state index is 14.0. The van der Waals surface area contributed by atoms with Crippen LogP contribution < -0.4 is 16.0 Å². The van der Waals surface area contributed by atoms with Crippen molar-refractivity contribution < 1.29 is 29.0 Å². The van der Waals surface area contributed by atoms with E-state index in [-0.39, 0.29) is 42.7 Å². The Morgan fingerprint density at radius 1 is 1.04 bits per heavy atom. The van der Waals surface area contributed by atoms with Crippen LogP contribution >= 0.6 is 0 Å². The third-order valence-corrected chi connectivity index (χ3v) is 10.6. The minimum absolute atomic E-state index is 0.0262. The van der Waals surface area contributed by atoms with Crippen molar-refractivity contribution in [3.63, 3.8) is 0 Å². The van der Waals surface area contributed by atoms with Crippen molar-refractivity contribution in [2.45, 2.75) is 83.9 Å². The number of alkyl carbamates (subject to hydrolysis) is 1. The van der Waals surface area contributed by atoms with Gasteiger partial charge in [0.2, 0.25) is 11.8 Å². The number of nitrogens with one attached hydrogen (secondary N) is 4. The summed E-state index contributed by atoms with van der Waals surface area (Å²) in [5.74, 6) is -1.46. The number of H-pyrrole nitrogens is 1. The van der Waals surface area contributed by atoms with Gasteiger partial charge in [-0.1, -0.05) is 69.3 Å². The van der Waals surface area contributed by atoms with Gasteiger partial charge in [0.05, 0.1) is 12.5 Å². The van der Waals surface area contributed by atoms with Crippen molar-refractivity contribution in [2.75, 3.05) is 6.54 Å². The van der Waals surface area contributed by atoms with E-state index in [1.165, 1.54) is 0 Å².